The number of fused-ring (bicyclic) bond motifs is 1. The van der Waals surface area contributed by atoms with Gasteiger partial charge in [-0.3, -0.25) is 4.79 Å². The van der Waals surface area contributed by atoms with Crippen molar-refractivity contribution in [2.75, 3.05) is 0 Å². The summed E-state index contributed by atoms with van der Waals surface area (Å²) in [5, 5.41) is 4.45. The van der Waals surface area contributed by atoms with Crippen LogP contribution in [0.5, 0.6) is 0 Å². The van der Waals surface area contributed by atoms with Crippen LogP contribution in [-0.4, -0.2) is 16.1 Å². The molecular weight excluding hydrogens is 216 g/mol. The molecule has 0 bridgehead atoms. The molecule has 4 heteroatoms. The molecule has 0 atom stereocenters. The molecule has 0 saturated heterocycles. The molecule has 2 aromatic rings. The standard InChI is InChI=1S/C13H12N2O2/c1-9-4-2-3-5-12(9)15-13(6-16)10-7-17-8-11(10)14-15/h2-6H,7-8H2,1H3. The van der Waals surface area contributed by atoms with E-state index < -0.39 is 0 Å². The van der Waals surface area contributed by atoms with Crippen LogP contribution in [0, 0.1) is 6.92 Å². The van der Waals surface area contributed by atoms with Gasteiger partial charge in [0.05, 0.1) is 24.6 Å². The zero-order valence-corrected chi connectivity index (χ0v) is 9.51. The number of aldehydes is 1. The minimum absolute atomic E-state index is 0.481. The van der Waals surface area contributed by atoms with Crippen molar-refractivity contribution in [3.05, 3.63) is 46.8 Å². The molecule has 17 heavy (non-hydrogen) atoms. The van der Waals surface area contributed by atoms with Gasteiger partial charge in [0.25, 0.3) is 0 Å². The van der Waals surface area contributed by atoms with Crippen molar-refractivity contribution in [3.8, 4) is 5.69 Å². The smallest absolute Gasteiger partial charge is 0.168 e. The Bertz CT molecular complexity index is 587. The summed E-state index contributed by atoms with van der Waals surface area (Å²) >= 11 is 0. The summed E-state index contributed by atoms with van der Waals surface area (Å²) in [5.41, 5.74) is 4.44. The van der Waals surface area contributed by atoms with Crippen molar-refractivity contribution >= 4 is 6.29 Å². The summed E-state index contributed by atoms with van der Waals surface area (Å²) in [5.74, 6) is 0. The van der Waals surface area contributed by atoms with Gasteiger partial charge in [0.1, 0.15) is 5.69 Å². The lowest BCUT2D eigenvalue weighted by Crippen LogP contribution is -2.05. The fraction of sp³-hybridized carbons (Fsp3) is 0.231. The third-order valence-corrected chi connectivity index (χ3v) is 3.05. The number of carbonyl (C=O) groups excluding carboxylic acids is 1. The van der Waals surface area contributed by atoms with E-state index in [9.17, 15) is 4.79 Å². The third-order valence-electron chi connectivity index (χ3n) is 3.05. The van der Waals surface area contributed by atoms with E-state index in [1.54, 1.807) is 4.68 Å². The van der Waals surface area contributed by atoms with Gasteiger partial charge >= 0.3 is 0 Å². The Balaban J connectivity index is 2.22. The zero-order valence-electron chi connectivity index (χ0n) is 9.51. The van der Waals surface area contributed by atoms with Crippen LogP contribution >= 0.6 is 0 Å². The lowest BCUT2D eigenvalue weighted by atomic mass is 10.2. The first kappa shape index (κ1) is 10.2. The molecule has 0 fully saturated rings. The van der Waals surface area contributed by atoms with Crippen molar-refractivity contribution in [3.63, 3.8) is 0 Å². The molecule has 1 aliphatic rings. The second-order valence-corrected chi connectivity index (χ2v) is 4.12. The lowest BCUT2D eigenvalue weighted by molar-refractivity contribution is 0.110. The SMILES string of the molecule is Cc1ccccc1-n1nc2c(c1C=O)COC2. The fourth-order valence-electron chi connectivity index (χ4n) is 2.14. The normalized spacial score (nSPS) is 13.7. The van der Waals surface area contributed by atoms with Gasteiger partial charge in [0.2, 0.25) is 0 Å². The van der Waals surface area contributed by atoms with Crippen LogP contribution in [0.25, 0.3) is 5.69 Å². The molecule has 1 aromatic carbocycles. The van der Waals surface area contributed by atoms with E-state index in [4.69, 9.17) is 4.74 Å². The highest BCUT2D eigenvalue weighted by Crippen LogP contribution is 2.25. The molecule has 0 spiro atoms. The summed E-state index contributed by atoms with van der Waals surface area (Å²) in [6.07, 6.45) is 0.854. The highest BCUT2D eigenvalue weighted by molar-refractivity contribution is 5.77. The number of para-hydroxylation sites is 1. The maximum atomic E-state index is 11.2. The Labute approximate surface area is 98.8 Å². The van der Waals surface area contributed by atoms with Gasteiger partial charge in [-0.1, -0.05) is 18.2 Å². The highest BCUT2D eigenvalue weighted by Gasteiger charge is 2.23. The van der Waals surface area contributed by atoms with E-state index in [0.717, 1.165) is 28.8 Å². The number of rotatable bonds is 2. The van der Waals surface area contributed by atoms with Gasteiger partial charge in [-0.15, -0.1) is 0 Å². The van der Waals surface area contributed by atoms with Crippen molar-refractivity contribution in [1.82, 2.24) is 9.78 Å². The minimum atomic E-state index is 0.481. The minimum Gasteiger partial charge on any atom is -0.370 e. The summed E-state index contributed by atoms with van der Waals surface area (Å²) in [6.45, 7) is 2.98. The van der Waals surface area contributed by atoms with Crippen LogP contribution < -0.4 is 0 Å². The topological polar surface area (TPSA) is 44.1 Å². The van der Waals surface area contributed by atoms with Gasteiger partial charge in [-0.25, -0.2) is 4.68 Å². The number of carbonyl (C=O) groups is 1. The first-order chi connectivity index (χ1) is 8.31. The van der Waals surface area contributed by atoms with Crippen LogP contribution in [-0.2, 0) is 18.0 Å². The highest BCUT2D eigenvalue weighted by atomic mass is 16.5. The molecule has 0 aliphatic carbocycles. The number of ether oxygens (including phenoxy) is 1. The quantitative estimate of drug-likeness (QED) is 0.739. The van der Waals surface area contributed by atoms with Gasteiger partial charge in [-0.05, 0) is 18.6 Å². The van der Waals surface area contributed by atoms with Crippen molar-refractivity contribution in [2.45, 2.75) is 20.1 Å². The van der Waals surface area contributed by atoms with Gasteiger partial charge in [-0.2, -0.15) is 5.10 Å². The van der Waals surface area contributed by atoms with Crippen LogP contribution in [0.4, 0.5) is 0 Å². The number of aromatic nitrogens is 2. The van der Waals surface area contributed by atoms with Crippen LogP contribution in [0.2, 0.25) is 0 Å². The Hall–Kier alpha value is -1.94. The maximum Gasteiger partial charge on any atom is 0.168 e. The number of aryl methyl sites for hydroxylation is 1. The van der Waals surface area contributed by atoms with Crippen molar-refractivity contribution < 1.29 is 9.53 Å². The average molecular weight is 228 g/mol. The van der Waals surface area contributed by atoms with E-state index >= 15 is 0 Å². The van der Waals surface area contributed by atoms with Gasteiger partial charge in [0, 0.05) is 5.56 Å². The zero-order chi connectivity index (χ0) is 11.8. The second kappa shape index (κ2) is 3.82. The number of hydrogen-bond donors (Lipinski definition) is 0. The van der Waals surface area contributed by atoms with Crippen LogP contribution in [0.3, 0.4) is 0 Å². The predicted octanol–water partition coefficient (Wildman–Crippen LogP) is 2.02. The molecule has 1 aliphatic heterocycles. The Morgan fingerprint density at radius 1 is 1.35 bits per heavy atom. The number of benzene rings is 1. The molecule has 2 heterocycles. The van der Waals surface area contributed by atoms with Gasteiger partial charge in [0.15, 0.2) is 6.29 Å². The molecule has 1 aromatic heterocycles. The van der Waals surface area contributed by atoms with E-state index in [0.29, 0.717) is 18.9 Å². The molecule has 0 amide bonds. The number of hydrogen-bond acceptors (Lipinski definition) is 3. The fourth-order valence-corrected chi connectivity index (χ4v) is 2.14. The van der Waals surface area contributed by atoms with Crippen LogP contribution in [0.1, 0.15) is 27.3 Å². The Kier molecular flexibility index (Phi) is 2.30. The summed E-state index contributed by atoms with van der Waals surface area (Å²) in [4.78, 5) is 11.2. The second-order valence-electron chi connectivity index (χ2n) is 4.12. The number of nitrogens with zero attached hydrogens (tertiary/aromatic N) is 2. The maximum absolute atomic E-state index is 11.2. The summed E-state index contributed by atoms with van der Waals surface area (Å²) in [6, 6.07) is 7.89. The molecule has 0 saturated carbocycles. The van der Waals surface area contributed by atoms with Crippen molar-refractivity contribution in [2.24, 2.45) is 0 Å². The third kappa shape index (κ3) is 1.49. The van der Waals surface area contributed by atoms with E-state index in [-0.39, 0.29) is 0 Å². The first-order valence-electron chi connectivity index (χ1n) is 5.51. The molecule has 3 rings (SSSR count). The first-order valence-corrected chi connectivity index (χ1v) is 5.51. The Morgan fingerprint density at radius 3 is 2.94 bits per heavy atom. The average Bonchev–Trinajstić information content (AvgIpc) is 2.89. The molecule has 4 nitrogen and oxygen atoms in total. The summed E-state index contributed by atoms with van der Waals surface area (Å²) < 4.78 is 7.00. The van der Waals surface area contributed by atoms with Crippen molar-refractivity contribution in [1.29, 1.82) is 0 Å². The lowest BCUT2D eigenvalue weighted by Gasteiger charge is -2.07. The molecule has 0 radical (unpaired) electrons. The van der Waals surface area contributed by atoms with Gasteiger partial charge < -0.3 is 4.74 Å². The molecule has 0 unspecified atom stereocenters. The Morgan fingerprint density at radius 2 is 2.18 bits per heavy atom. The van der Waals surface area contributed by atoms with E-state index in [2.05, 4.69) is 5.10 Å². The molecular formula is C13H12N2O2. The molecule has 86 valence electrons. The summed E-state index contributed by atoms with van der Waals surface area (Å²) in [7, 11) is 0. The largest absolute Gasteiger partial charge is 0.370 e. The van der Waals surface area contributed by atoms with Crippen LogP contribution in [0.15, 0.2) is 24.3 Å². The predicted molar refractivity (Wildman–Crippen MR) is 62.2 cm³/mol. The van der Waals surface area contributed by atoms with E-state index in [1.165, 1.54) is 0 Å². The molecule has 0 N–H and O–H groups in total. The van der Waals surface area contributed by atoms with E-state index in [1.807, 2.05) is 31.2 Å². The monoisotopic (exact) mass is 228 g/mol.